The molecule has 5 rings (SSSR count). The summed E-state index contributed by atoms with van der Waals surface area (Å²) in [6.45, 7) is 6.06. The van der Waals surface area contributed by atoms with Gasteiger partial charge < -0.3 is 0 Å². The summed E-state index contributed by atoms with van der Waals surface area (Å²) in [7, 11) is -3.73. The minimum atomic E-state index is -3.73. The first-order valence-electron chi connectivity index (χ1n) is 10.2. The van der Waals surface area contributed by atoms with Gasteiger partial charge in [0.1, 0.15) is 0 Å². The standard InChI is InChI=1S/C21H22N6O3S2/c1-13-18(31-14(2)23-13)12-26-16-7-6-15(32(29,30)25-21(3)8-9-21)11-17(16)27(20(26)28)19-5-4-10-22-24-19/h4-7,10-11,25H,8-9,12H2,1-3H3. The highest BCUT2D eigenvalue weighted by atomic mass is 32.2. The molecule has 1 aliphatic rings. The van der Waals surface area contributed by atoms with Crippen molar-refractivity contribution in [1.29, 1.82) is 0 Å². The summed E-state index contributed by atoms with van der Waals surface area (Å²) in [5.74, 6) is 0.329. The molecule has 0 aliphatic heterocycles. The second kappa shape index (κ2) is 7.32. The summed E-state index contributed by atoms with van der Waals surface area (Å²) in [4.78, 5) is 19.0. The number of aromatic nitrogens is 5. The maximum atomic E-state index is 13.5. The average molecular weight is 471 g/mol. The molecule has 0 unspecified atom stereocenters. The molecule has 0 amide bonds. The van der Waals surface area contributed by atoms with Crippen LogP contribution in [0.2, 0.25) is 0 Å². The number of hydrogen-bond acceptors (Lipinski definition) is 7. The first kappa shape index (κ1) is 21.0. The van der Waals surface area contributed by atoms with E-state index < -0.39 is 15.6 Å². The van der Waals surface area contributed by atoms with Crippen molar-refractivity contribution in [3.8, 4) is 5.82 Å². The fraction of sp³-hybridized carbons (Fsp3) is 0.333. The van der Waals surface area contributed by atoms with E-state index in [9.17, 15) is 13.2 Å². The predicted molar refractivity (Wildman–Crippen MR) is 122 cm³/mol. The molecule has 9 nitrogen and oxygen atoms in total. The zero-order valence-corrected chi connectivity index (χ0v) is 19.5. The van der Waals surface area contributed by atoms with Crippen molar-refractivity contribution in [2.24, 2.45) is 0 Å². The van der Waals surface area contributed by atoms with Crippen LogP contribution < -0.4 is 10.4 Å². The molecule has 166 valence electrons. The molecule has 1 fully saturated rings. The van der Waals surface area contributed by atoms with E-state index in [-0.39, 0.29) is 10.6 Å². The second-order valence-corrected chi connectivity index (χ2v) is 11.3. The van der Waals surface area contributed by atoms with Gasteiger partial charge in [-0.15, -0.1) is 16.4 Å². The molecule has 3 heterocycles. The predicted octanol–water partition coefficient (Wildman–Crippen LogP) is 2.53. The number of benzene rings is 1. The molecule has 0 spiro atoms. The highest BCUT2D eigenvalue weighted by molar-refractivity contribution is 7.89. The first-order valence-corrected chi connectivity index (χ1v) is 12.5. The van der Waals surface area contributed by atoms with Crippen LogP contribution in [0.5, 0.6) is 0 Å². The summed E-state index contributed by atoms with van der Waals surface area (Å²) in [6, 6.07) is 8.10. The van der Waals surface area contributed by atoms with Gasteiger partial charge in [0.15, 0.2) is 5.82 Å². The smallest absolute Gasteiger partial charge is 0.286 e. The van der Waals surface area contributed by atoms with Crippen LogP contribution in [0.1, 0.15) is 35.3 Å². The number of thiazole rings is 1. The van der Waals surface area contributed by atoms with Gasteiger partial charge in [0, 0.05) is 16.6 Å². The van der Waals surface area contributed by atoms with Crippen LogP contribution in [-0.4, -0.2) is 38.3 Å². The first-order chi connectivity index (χ1) is 15.2. The average Bonchev–Trinajstić information content (AvgIpc) is 3.27. The second-order valence-electron chi connectivity index (χ2n) is 8.34. The van der Waals surface area contributed by atoms with Crippen LogP contribution in [0.3, 0.4) is 0 Å². The minimum absolute atomic E-state index is 0.109. The number of nitrogens with one attached hydrogen (secondary N) is 1. The third-order valence-corrected chi connectivity index (χ3v) is 8.37. The van der Waals surface area contributed by atoms with E-state index in [4.69, 9.17) is 0 Å². The molecule has 1 N–H and O–H groups in total. The molecule has 0 radical (unpaired) electrons. The molecule has 0 atom stereocenters. The summed E-state index contributed by atoms with van der Waals surface area (Å²) in [5, 5.41) is 8.91. The van der Waals surface area contributed by atoms with Gasteiger partial charge >= 0.3 is 5.69 Å². The third-order valence-electron chi connectivity index (χ3n) is 5.68. The van der Waals surface area contributed by atoms with E-state index in [1.807, 2.05) is 20.8 Å². The van der Waals surface area contributed by atoms with Gasteiger partial charge in [0.2, 0.25) is 10.0 Å². The number of rotatable bonds is 6. The molecule has 0 bridgehead atoms. The fourth-order valence-electron chi connectivity index (χ4n) is 3.73. The molecular weight excluding hydrogens is 448 g/mol. The van der Waals surface area contributed by atoms with Crippen molar-refractivity contribution in [2.45, 2.75) is 50.6 Å². The Hall–Kier alpha value is -2.89. The van der Waals surface area contributed by atoms with Gasteiger partial charge in [-0.1, -0.05) is 0 Å². The summed E-state index contributed by atoms with van der Waals surface area (Å²) < 4.78 is 31.7. The van der Waals surface area contributed by atoms with Crippen molar-refractivity contribution in [3.05, 3.63) is 62.6 Å². The summed E-state index contributed by atoms with van der Waals surface area (Å²) in [6.07, 6.45) is 3.14. The van der Waals surface area contributed by atoms with E-state index in [2.05, 4.69) is 19.9 Å². The Kier molecular flexibility index (Phi) is 4.80. The van der Waals surface area contributed by atoms with Crippen molar-refractivity contribution in [1.82, 2.24) is 29.0 Å². The molecule has 11 heteroatoms. The molecule has 4 aromatic rings. The normalized spacial score (nSPS) is 15.3. The number of hydrogen-bond donors (Lipinski definition) is 1. The number of nitrogens with zero attached hydrogens (tertiary/aromatic N) is 5. The molecule has 1 aliphatic carbocycles. The van der Waals surface area contributed by atoms with Crippen LogP contribution in [0.4, 0.5) is 0 Å². The van der Waals surface area contributed by atoms with E-state index in [1.54, 1.807) is 22.8 Å². The van der Waals surface area contributed by atoms with Gasteiger partial charge in [-0.25, -0.2) is 27.5 Å². The molecule has 0 saturated heterocycles. The molecular formula is C21H22N6O3S2. The monoisotopic (exact) mass is 470 g/mol. The SMILES string of the molecule is Cc1nc(C)c(Cn2c(=O)n(-c3cccnn3)c3cc(S(=O)(=O)NC4(C)CC4)ccc32)s1. The molecule has 1 aromatic carbocycles. The van der Waals surface area contributed by atoms with Gasteiger partial charge in [-0.3, -0.25) is 4.57 Å². The Morgan fingerprint density at radius 3 is 2.59 bits per heavy atom. The maximum absolute atomic E-state index is 13.5. The summed E-state index contributed by atoms with van der Waals surface area (Å²) in [5.41, 5.74) is 1.23. The van der Waals surface area contributed by atoms with Crippen LogP contribution in [0, 0.1) is 13.8 Å². The lowest BCUT2D eigenvalue weighted by Crippen LogP contribution is -2.34. The number of sulfonamides is 1. The van der Waals surface area contributed by atoms with Crippen molar-refractivity contribution < 1.29 is 8.42 Å². The Morgan fingerprint density at radius 2 is 1.97 bits per heavy atom. The Balaban J connectivity index is 1.71. The van der Waals surface area contributed by atoms with Crippen molar-refractivity contribution >= 4 is 32.4 Å². The minimum Gasteiger partial charge on any atom is -0.286 e. The zero-order chi connectivity index (χ0) is 22.7. The highest BCUT2D eigenvalue weighted by Crippen LogP contribution is 2.36. The number of imidazole rings is 1. The van der Waals surface area contributed by atoms with Gasteiger partial charge in [0.05, 0.1) is 33.2 Å². The van der Waals surface area contributed by atoms with E-state index >= 15 is 0 Å². The van der Waals surface area contributed by atoms with Crippen LogP contribution in [0.15, 0.2) is 46.2 Å². The van der Waals surface area contributed by atoms with Crippen molar-refractivity contribution in [3.63, 3.8) is 0 Å². The Bertz CT molecular complexity index is 1500. The number of aryl methyl sites for hydroxylation is 2. The van der Waals surface area contributed by atoms with Gasteiger partial charge in [-0.05, 0) is 63.9 Å². The molecule has 3 aromatic heterocycles. The fourth-order valence-corrected chi connectivity index (χ4v) is 6.14. The quantitative estimate of drug-likeness (QED) is 0.464. The topological polar surface area (TPSA) is 112 Å². The molecule has 1 saturated carbocycles. The Labute approximate surface area is 188 Å². The zero-order valence-electron chi connectivity index (χ0n) is 17.9. The molecule has 32 heavy (non-hydrogen) atoms. The summed E-state index contributed by atoms with van der Waals surface area (Å²) >= 11 is 1.54. The van der Waals surface area contributed by atoms with E-state index in [1.165, 1.54) is 34.2 Å². The third kappa shape index (κ3) is 3.65. The Morgan fingerprint density at radius 1 is 1.19 bits per heavy atom. The number of fused-ring (bicyclic) bond motifs is 1. The lowest BCUT2D eigenvalue weighted by molar-refractivity contribution is 0.558. The van der Waals surface area contributed by atoms with E-state index in [0.717, 1.165) is 28.4 Å². The largest absolute Gasteiger partial charge is 0.335 e. The maximum Gasteiger partial charge on any atom is 0.335 e. The van der Waals surface area contributed by atoms with Gasteiger partial charge in [0.25, 0.3) is 0 Å². The van der Waals surface area contributed by atoms with Gasteiger partial charge in [-0.2, -0.15) is 5.10 Å². The lowest BCUT2D eigenvalue weighted by atomic mass is 10.3. The lowest BCUT2D eigenvalue weighted by Gasteiger charge is -2.12. The highest BCUT2D eigenvalue weighted by Gasteiger charge is 2.41. The van der Waals surface area contributed by atoms with Crippen LogP contribution >= 0.6 is 11.3 Å². The van der Waals surface area contributed by atoms with E-state index in [0.29, 0.717) is 23.4 Å². The van der Waals surface area contributed by atoms with Crippen LogP contribution in [-0.2, 0) is 16.6 Å². The van der Waals surface area contributed by atoms with Crippen LogP contribution in [0.25, 0.3) is 16.9 Å². The van der Waals surface area contributed by atoms with Crippen molar-refractivity contribution in [2.75, 3.05) is 0 Å².